The molecule has 9 heteroatoms. The second kappa shape index (κ2) is 6.23. The van der Waals surface area contributed by atoms with E-state index in [-0.39, 0.29) is 17.2 Å². The third-order valence-corrected chi connectivity index (χ3v) is 2.84. The Hall–Kier alpha value is -2.30. The van der Waals surface area contributed by atoms with Crippen LogP contribution in [0.4, 0.5) is 16.4 Å². The number of rotatable bonds is 3. The van der Waals surface area contributed by atoms with Crippen LogP contribution in [0, 0.1) is 3.57 Å². The molecule has 0 saturated carbocycles. The first-order valence-corrected chi connectivity index (χ1v) is 6.38. The van der Waals surface area contributed by atoms with Crippen molar-refractivity contribution in [2.45, 2.75) is 0 Å². The molecule has 1 aromatic heterocycles. The van der Waals surface area contributed by atoms with Crippen LogP contribution in [0.1, 0.15) is 10.4 Å². The molecule has 0 unspecified atom stereocenters. The number of carbonyl (C=O) groups excluding carboxylic acids is 1. The van der Waals surface area contributed by atoms with Crippen LogP contribution in [-0.2, 0) is 0 Å². The zero-order valence-electron chi connectivity index (χ0n) is 9.87. The molecule has 0 radical (unpaired) electrons. The van der Waals surface area contributed by atoms with Crippen LogP contribution in [0.25, 0.3) is 0 Å². The van der Waals surface area contributed by atoms with Crippen molar-refractivity contribution >= 4 is 46.2 Å². The largest absolute Gasteiger partial charge is 0.478 e. The third kappa shape index (κ3) is 3.60. The molecule has 0 aliphatic heterocycles. The number of nitrogens with zero attached hydrogens (tertiary/aromatic N) is 3. The average Bonchev–Trinajstić information content (AvgIpc) is 2.41. The number of halogens is 1. The normalized spacial score (nSPS) is 9.85. The van der Waals surface area contributed by atoms with Crippen LogP contribution in [0.5, 0.6) is 0 Å². The molecule has 20 heavy (non-hydrogen) atoms. The van der Waals surface area contributed by atoms with Gasteiger partial charge in [-0.05, 0) is 40.8 Å². The maximum Gasteiger partial charge on any atom is 0.337 e. The Morgan fingerprint density at radius 3 is 2.65 bits per heavy atom. The fraction of sp³-hybridized carbons (Fsp3) is 0. The summed E-state index contributed by atoms with van der Waals surface area (Å²) in [5.74, 6) is -1.11. The lowest BCUT2D eigenvalue weighted by Crippen LogP contribution is -2.22. The molecule has 0 spiro atoms. The van der Waals surface area contributed by atoms with Gasteiger partial charge in [-0.15, -0.1) is 5.10 Å². The molecule has 3 N–H and O–H groups in total. The van der Waals surface area contributed by atoms with Gasteiger partial charge in [-0.3, -0.25) is 5.32 Å². The number of benzene rings is 1. The van der Waals surface area contributed by atoms with Crippen molar-refractivity contribution in [3.05, 3.63) is 39.7 Å². The summed E-state index contributed by atoms with van der Waals surface area (Å²) in [6.07, 6.45) is 2.74. The Balaban J connectivity index is 2.14. The molecular weight excluding hydrogens is 377 g/mol. The van der Waals surface area contributed by atoms with E-state index in [1.165, 1.54) is 24.5 Å². The summed E-state index contributed by atoms with van der Waals surface area (Å²) >= 11 is 1.99. The minimum absolute atomic E-state index is 0.000782. The molecule has 0 saturated heterocycles. The first kappa shape index (κ1) is 14.1. The molecule has 102 valence electrons. The molecule has 2 rings (SSSR count). The lowest BCUT2D eigenvalue weighted by molar-refractivity contribution is 0.0698. The van der Waals surface area contributed by atoms with Gasteiger partial charge in [0, 0.05) is 3.57 Å². The molecule has 0 fully saturated rings. The maximum absolute atomic E-state index is 11.7. The van der Waals surface area contributed by atoms with Gasteiger partial charge in [0.15, 0.2) is 0 Å². The van der Waals surface area contributed by atoms with Gasteiger partial charge in [0.2, 0.25) is 0 Å². The highest BCUT2D eigenvalue weighted by Crippen LogP contribution is 2.19. The summed E-state index contributed by atoms with van der Waals surface area (Å²) in [6, 6.07) is 4.00. The van der Waals surface area contributed by atoms with Crippen molar-refractivity contribution < 1.29 is 14.7 Å². The number of carboxylic acids is 1. The minimum atomic E-state index is -1.13. The van der Waals surface area contributed by atoms with Crippen molar-refractivity contribution in [2.75, 3.05) is 10.6 Å². The van der Waals surface area contributed by atoms with Crippen molar-refractivity contribution in [1.29, 1.82) is 0 Å². The zero-order valence-corrected chi connectivity index (χ0v) is 12.0. The molecule has 1 heterocycles. The SMILES string of the molecule is O=C(Nc1nccnn1)Nc1ccc(I)cc1C(=O)O. The maximum atomic E-state index is 11.7. The van der Waals surface area contributed by atoms with E-state index in [1.807, 2.05) is 22.6 Å². The molecule has 0 atom stereocenters. The van der Waals surface area contributed by atoms with Gasteiger partial charge in [0.05, 0.1) is 23.6 Å². The minimum Gasteiger partial charge on any atom is -0.478 e. The van der Waals surface area contributed by atoms with E-state index < -0.39 is 12.0 Å². The Bertz CT molecular complexity index is 650. The Morgan fingerprint density at radius 2 is 2.00 bits per heavy atom. The molecule has 0 bridgehead atoms. The third-order valence-electron chi connectivity index (χ3n) is 2.17. The van der Waals surface area contributed by atoms with Crippen LogP contribution in [0.3, 0.4) is 0 Å². The summed E-state index contributed by atoms with van der Waals surface area (Å²) in [5, 5.41) is 21.0. The smallest absolute Gasteiger partial charge is 0.337 e. The molecule has 8 nitrogen and oxygen atoms in total. The molecule has 2 aromatic rings. The van der Waals surface area contributed by atoms with E-state index >= 15 is 0 Å². The fourth-order valence-electron chi connectivity index (χ4n) is 1.36. The highest BCUT2D eigenvalue weighted by Gasteiger charge is 2.13. The Morgan fingerprint density at radius 1 is 1.20 bits per heavy atom. The number of nitrogens with one attached hydrogen (secondary N) is 2. The predicted molar refractivity (Wildman–Crippen MR) is 78.6 cm³/mol. The van der Waals surface area contributed by atoms with E-state index in [4.69, 9.17) is 5.11 Å². The lowest BCUT2D eigenvalue weighted by atomic mass is 10.2. The van der Waals surface area contributed by atoms with Gasteiger partial charge < -0.3 is 10.4 Å². The second-order valence-electron chi connectivity index (χ2n) is 3.54. The monoisotopic (exact) mass is 385 g/mol. The van der Waals surface area contributed by atoms with Crippen LogP contribution in [0.15, 0.2) is 30.6 Å². The van der Waals surface area contributed by atoms with Gasteiger partial charge in [-0.2, -0.15) is 5.10 Å². The first-order chi connectivity index (χ1) is 9.56. The number of urea groups is 1. The summed E-state index contributed by atoms with van der Waals surface area (Å²) in [7, 11) is 0. The van der Waals surface area contributed by atoms with Crippen molar-refractivity contribution in [3.8, 4) is 0 Å². The standard InChI is InChI=1S/C11H8IN5O3/c12-6-1-2-8(7(5-6)9(18)19)15-11(20)16-10-13-3-4-14-17-10/h1-5H,(H,18,19)(H2,13,15,16,17,20). The summed E-state index contributed by atoms with van der Waals surface area (Å²) in [6.45, 7) is 0. The van der Waals surface area contributed by atoms with Gasteiger partial charge in [-0.25, -0.2) is 14.6 Å². The van der Waals surface area contributed by atoms with Crippen LogP contribution < -0.4 is 10.6 Å². The summed E-state index contributed by atoms with van der Waals surface area (Å²) < 4.78 is 0.751. The predicted octanol–water partition coefficient (Wildman–Crippen LogP) is 1.82. The van der Waals surface area contributed by atoms with Crippen LogP contribution in [-0.4, -0.2) is 32.3 Å². The topological polar surface area (TPSA) is 117 Å². The van der Waals surface area contributed by atoms with Crippen LogP contribution >= 0.6 is 22.6 Å². The number of hydrogen-bond donors (Lipinski definition) is 3. The number of aromatic nitrogens is 3. The molecule has 0 aliphatic carbocycles. The number of hydrogen-bond acceptors (Lipinski definition) is 5. The fourth-order valence-corrected chi connectivity index (χ4v) is 1.85. The van der Waals surface area contributed by atoms with Gasteiger partial charge in [-0.1, -0.05) is 0 Å². The molecular formula is C11H8IN5O3. The van der Waals surface area contributed by atoms with Crippen LogP contribution in [0.2, 0.25) is 0 Å². The average molecular weight is 385 g/mol. The van der Waals surface area contributed by atoms with E-state index in [0.717, 1.165) is 3.57 Å². The van der Waals surface area contributed by atoms with Crippen molar-refractivity contribution in [2.24, 2.45) is 0 Å². The number of anilines is 2. The molecule has 2 amide bonds. The first-order valence-electron chi connectivity index (χ1n) is 5.31. The summed E-state index contributed by atoms with van der Waals surface area (Å²) in [4.78, 5) is 26.6. The van der Waals surface area contributed by atoms with E-state index in [9.17, 15) is 9.59 Å². The van der Waals surface area contributed by atoms with Crippen molar-refractivity contribution in [1.82, 2.24) is 15.2 Å². The highest BCUT2D eigenvalue weighted by molar-refractivity contribution is 14.1. The zero-order chi connectivity index (χ0) is 14.5. The highest BCUT2D eigenvalue weighted by atomic mass is 127. The molecule has 1 aromatic carbocycles. The Labute approximate surface area is 126 Å². The number of aromatic carboxylic acids is 1. The van der Waals surface area contributed by atoms with E-state index in [0.29, 0.717) is 0 Å². The lowest BCUT2D eigenvalue weighted by Gasteiger charge is -2.09. The molecule has 0 aliphatic rings. The quantitative estimate of drug-likeness (QED) is 0.694. The number of amides is 2. The number of carbonyl (C=O) groups is 2. The van der Waals surface area contributed by atoms with E-state index in [1.54, 1.807) is 6.07 Å². The number of carboxylic acid groups (broad SMARTS) is 1. The van der Waals surface area contributed by atoms with Gasteiger partial charge in [0.1, 0.15) is 0 Å². The van der Waals surface area contributed by atoms with E-state index in [2.05, 4.69) is 25.8 Å². The van der Waals surface area contributed by atoms with Gasteiger partial charge in [0.25, 0.3) is 5.95 Å². The Kier molecular flexibility index (Phi) is 4.40. The van der Waals surface area contributed by atoms with Gasteiger partial charge >= 0.3 is 12.0 Å². The summed E-state index contributed by atoms with van der Waals surface area (Å²) in [5.41, 5.74) is 0.179. The second-order valence-corrected chi connectivity index (χ2v) is 4.79. The van der Waals surface area contributed by atoms with Crippen molar-refractivity contribution in [3.63, 3.8) is 0 Å².